The molecule has 2 heterocycles. The van der Waals surface area contributed by atoms with Crippen LogP contribution in [0.5, 0.6) is 0 Å². The number of benzene rings is 2. The van der Waals surface area contributed by atoms with Gasteiger partial charge in [-0.1, -0.05) is 30.5 Å². The molecule has 1 fully saturated rings. The van der Waals surface area contributed by atoms with Crippen molar-refractivity contribution in [2.75, 3.05) is 5.32 Å². The number of ether oxygens (including phenoxy) is 1. The van der Waals surface area contributed by atoms with Crippen LogP contribution in [0, 0.1) is 16.9 Å². The van der Waals surface area contributed by atoms with E-state index in [1.165, 1.54) is 30.6 Å². The summed E-state index contributed by atoms with van der Waals surface area (Å²) in [4.78, 5) is 31.5. The lowest BCUT2D eigenvalue weighted by molar-refractivity contribution is -0.614. The maximum Gasteiger partial charge on any atom is 0.412 e. The van der Waals surface area contributed by atoms with Gasteiger partial charge < -0.3 is 20.0 Å². The average Bonchev–Trinajstić information content (AvgIpc) is 3.60. The van der Waals surface area contributed by atoms with Gasteiger partial charge in [-0.15, -0.1) is 0 Å². The molecule has 218 valence electrons. The molecule has 42 heavy (non-hydrogen) atoms. The maximum absolute atomic E-state index is 14.9. The highest BCUT2D eigenvalue weighted by atomic mass is 35.5. The molecular weight excluding hydrogens is 563 g/mol. The Balaban J connectivity index is 1.48. The number of H-pyrrole nitrogens is 1. The van der Waals surface area contributed by atoms with Crippen LogP contribution in [0.2, 0.25) is 5.02 Å². The second kappa shape index (κ2) is 11.4. The van der Waals surface area contributed by atoms with E-state index in [0.29, 0.717) is 51.4 Å². The Morgan fingerprint density at radius 3 is 2.64 bits per heavy atom. The van der Waals surface area contributed by atoms with Gasteiger partial charge in [0.25, 0.3) is 0 Å². The first-order valence-corrected chi connectivity index (χ1v) is 13.9. The number of amides is 1. The van der Waals surface area contributed by atoms with Crippen molar-refractivity contribution in [3.63, 3.8) is 0 Å². The number of nitrogens with one attached hydrogen (secondary N) is 2. The zero-order valence-corrected chi connectivity index (χ0v) is 24.0. The number of nitrogens with zero attached hydrogens (tertiary/aromatic N) is 2. The summed E-state index contributed by atoms with van der Waals surface area (Å²) >= 11 is 6.27. The monoisotopic (exact) mass is 592 g/mol. The highest BCUT2D eigenvalue weighted by Crippen LogP contribution is 2.41. The number of aromatic amines is 1. The number of hydrogen-bond donors (Lipinski definition) is 3. The van der Waals surface area contributed by atoms with Gasteiger partial charge in [-0.25, -0.2) is 19.0 Å². The van der Waals surface area contributed by atoms with Crippen molar-refractivity contribution >= 4 is 29.4 Å². The van der Waals surface area contributed by atoms with Crippen molar-refractivity contribution in [3.8, 4) is 22.4 Å². The number of carboxylic acid groups (broad SMARTS) is 1. The van der Waals surface area contributed by atoms with Crippen LogP contribution in [-0.4, -0.2) is 32.7 Å². The van der Waals surface area contributed by atoms with Gasteiger partial charge in [0.05, 0.1) is 23.1 Å². The Bertz CT molecular complexity index is 1660. The third-order valence-corrected chi connectivity index (χ3v) is 7.18. The summed E-state index contributed by atoms with van der Waals surface area (Å²) < 4.78 is 21.1. The molecule has 1 unspecified atom stereocenters. The van der Waals surface area contributed by atoms with E-state index >= 15 is 0 Å². The first kappa shape index (κ1) is 29.1. The smallest absolute Gasteiger partial charge is 0.412 e. The average molecular weight is 593 g/mol. The van der Waals surface area contributed by atoms with Gasteiger partial charge in [-0.2, -0.15) is 4.73 Å². The van der Waals surface area contributed by atoms with Gasteiger partial charge in [0.15, 0.2) is 6.20 Å². The summed E-state index contributed by atoms with van der Waals surface area (Å²) in [5.74, 6) is -1.74. The van der Waals surface area contributed by atoms with E-state index in [9.17, 15) is 24.3 Å². The molecule has 1 aliphatic carbocycles. The van der Waals surface area contributed by atoms with E-state index in [4.69, 9.17) is 16.3 Å². The Morgan fingerprint density at radius 1 is 1.21 bits per heavy atom. The minimum atomic E-state index is -1.36. The highest BCUT2D eigenvalue weighted by molar-refractivity contribution is 6.31. The number of aromatic nitrogens is 3. The molecule has 0 aliphatic heterocycles. The largest absolute Gasteiger partial charge is 0.618 e. The molecule has 2 aromatic carbocycles. The van der Waals surface area contributed by atoms with Crippen LogP contribution in [0.4, 0.5) is 14.9 Å². The SMILES string of the molecule is CC(C)(C)OC(=O)Nc1ccc(Cl)cc1-c1ccc(C(CC2CC2)c2ncc(-c3cccc(C(=O)O)c3F)[nH]2)[n+]([O-])c1. The topological polar surface area (TPSA) is 131 Å². The molecule has 9 nitrogen and oxygen atoms in total. The number of aromatic carboxylic acids is 1. The number of anilines is 1. The van der Waals surface area contributed by atoms with Crippen molar-refractivity contribution < 1.29 is 28.6 Å². The Labute approximate surface area is 246 Å². The summed E-state index contributed by atoms with van der Waals surface area (Å²) in [6.07, 6.45) is 4.97. The van der Waals surface area contributed by atoms with Gasteiger partial charge in [-0.3, -0.25) is 5.32 Å². The van der Waals surface area contributed by atoms with Gasteiger partial charge in [0.2, 0.25) is 5.69 Å². The van der Waals surface area contributed by atoms with Crippen LogP contribution in [0.3, 0.4) is 0 Å². The molecular formula is C31H30ClFN4O5. The van der Waals surface area contributed by atoms with Gasteiger partial charge in [0, 0.05) is 27.8 Å². The second-order valence-electron chi connectivity index (χ2n) is 11.4. The molecule has 0 bridgehead atoms. The van der Waals surface area contributed by atoms with Crippen molar-refractivity contribution in [3.05, 3.63) is 94.1 Å². The molecule has 1 atom stereocenters. The quantitative estimate of drug-likeness (QED) is 0.147. The molecule has 1 saturated carbocycles. The predicted molar refractivity (Wildman–Crippen MR) is 156 cm³/mol. The van der Waals surface area contributed by atoms with Crippen LogP contribution in [-0.2, 0) is 4.74 Å². The molecule has 2 aromatic heterocycles. The maximum atomic E-state index is 14.9. The van der Waals surface area contributed by atoms with Crippen molar-refractivity contribution in [2.24, 2.45) is 5.92 Å². The zero-order valence-electron chi connectivity index (χ0n) is 23.3. The first-order chi connectivity index (χ1) is 19.9. The van der Waals surface area contributed by atoms with Crippen LogP contribution in [0.15, 0.2) is 60.9 Å². The van der Waals surface area contributed by atoms with E-state index in [0.717, 1.165) is 17.6 Å². The van der Waals surface area contributed by atoms with E-state index in [1.807, 2.05) is 0 Å². The van der Waals surface area contributed by atoms with Gasteiger partial charge in [-0.05, 0) is 69.5 Å². The van der Waals surface area contributed by atoms with Crippen molar-refractivity contribution in [1.29, 1.82) is 0 Å². The molecule has 1 aliphatic rings. The standard InChI is InChI=1S/C31H30ClFN4O5/c1-31(2,3)42-30(40)36-24-11-10-19(32)14-22(24)18-9-12-26(37(41)16-18)23(13-17-7-8-17)28-34-15-25(35-28)20-5-4-6-21(27(20)33)29(38)39/h4-6,9-12,14-17,23H,7-8,13H2,1-3H3,(H,34,35)(H,36,40)(H,38,39). The Morgan fingerprint density at radius 2 is 1.98 bits per heavy atom. The number of imidazole rings is 1. The van der Waals surface area contributed by atoms with E-state index < -0.39 is 35.0 Å². The fourth-order valence-corrected chi connectivity index (χ4v) is 4.99. The fraction of sp³-hybridized carbons (Fsp3) is 0.290. The normalized spacial score (nSPS) is 13.9. The zero-order chi connectivity index (χ0) is 30.2. The number of carbonyl (C=O) groups is 2. The van der Waals surface area contributed by atoms with Crippen LogP contribution in [0.25, 0.3) is 22.4 Å². The molecule has 4 aromatic rings. The summed E-state index contributed by atoms with van der Waals surface area (Å²) in [5.41, 5.74) is 1.20. The van der Waals surface area contributed by atoms with Gasteiger partial charge in [0.1, 0.15) is 23.2 Å². The van der Waals surface area contributed by atoms with Crippen LogP contribution in [0.1, 0.15) is 67.8 Å². The summed E-state index contributed by atoms with van der Waals surface area (Å²) in [6, 6.07) is 12.6. The number of pyridine rings is 1. The van der Waals surface area contributed by atoms with Crippen LogP contribution >= 0.6 is 11.6 Å². The van der Waals surface area contributed by atoms with Gasteiger partial charge >= 0.3 is 12.1 Å². The highest BCUT2D eigenvalue weighted by Gasteiger charge is 2.33. The molecule has 3 N–H and O–H groups in total. The molecule has 0 saturated heterocycles. The number of carbonyl (C=O) groups excluding carboxylic acids is 1. The third kappa shape index (κ3) is 6.54. The third-order valence-electron chi connectivity index (χ3n) is 6.94. The molecule has 5 rings (SSSR count). The molecule has 11 heteroatoms. The van der Waals surface area contributed by atoms with E-state index in [2.05, 4.69) is 15.3 Å². The molecule has 1 amide bonds. The Hall–Kier alpha value is -4.44. The van der Waals surface area contributed by atoms with Crippen LogP contribution < -0.4 is 10.0 Å². The number of halogens is 2. The number of rotatable bonds is 8. The Kier molecular flexibility index (Phi) is 7.92. The lowest BCUT2D eigenvalue weighted by Crippen LogP contribution is -2.34. The number of hydrogen-bond acceptors (Lipinski definition) is 5. The summed E-state index contributed by atoms with van der Waals surface area (Å²) in [5, 5.41) is 26.0. The minimum Gasteiger partial charge on any atom is -0.618 e. The van der Waals surface area contributed by atoms with E-state index in [1.54, 1.807) is 51.1 Å². The second-order valence-corrected chi connectivity index (χ2v) is 11.8. The van der Waals surface area contributed by atoms with Crippen molar-refractivity contribution in [1.82, 2.24) is 9.97 Å². The minimum absolute atomic E-state index is 0.0788. The van der Waals surface area contributed by atoms with E-state index in [-0.39, 0.29) is 5.56 Å². The van der Waals surface area contributed by atoms with Crippen molar-refractivity contribution in [2.45, 2.75) is 51.6 Å². The molecule has 0 spiro atoms. The first-order valence-electron chi connectivity index (χ1n) is 13.5. The summed E-state index contributed by atoms with van der Waals surface area (Å²) in [6.45, 7) is 5.29. The lowest BCUT2D eigenvalue weighted by Gasteiger charge is -2.20. The molecule has 0 radical (unpaired) electrons. The lowest BCUT2D eigenvalue weighted by atomic mass is 9.95. The summed E-state index contributed by atoms with van der Waals surface area (Å²) in [7, 11) is 0. The predicted octanol–water partition coefficient (Wildman–Crippen LogP) is 7.15. The fourth-order valence-electron chi connectivity index (χ4n) is 4.81. The number of carboxylic acids is 1.